The van der Waals surface area contributed by atoms with Crippen LogP contribution >= 0.6 is 0 Å². The largest absolute Gasteiger partial charge is 0.365 e. The van der Waals surface area contributed by atoms with Gasteiger partial charge in [-0.05, 0) is 12.8 Å². The first-order chi connectivity index (χ1) is 7.33. The Morgan fingerprint density at radius 2 is 2.27 bits per heavy atom. The van der Waals surface area contributed by atoms with Crippen LogP contribution in [0.15, 0.2) is 6.33 Å². The lowest BCUT2D eigenvalue weighted by atomic mass is 10.3. The van der Waals surface area contributed by atoms with Crippen LogP contribution in [0.1, 0.15) is 12.8 Å². The highest BCUT2D eigenvalue weighted by Crippen LogP contribution is 2.32. The van der Waals surface area contributed by atoms with Gasteiger partial charge in [0.05, 0.1) is 6.54 Å². The first-order valence-corrected chi connectivity index (χ1v) is 4.98. The SMILES string of the molecule is O=C1CNc2ncnc(NC3CC3)c2N1. The van der Waals surface area contributed by atoms with Crippen LogP contribution in [0, 0.1) is 0 Å². The van der Waals surface area contributed by atoms with Crippen molar-refractivity contribution in [2.24, 2.45) is 0 Å². The molecular weight excluding hydrogens is 194 g/mol. The van der Waals surface area contributed by atoms with Crippen molar-refractivity contribution in [3.05, 3.63) is 6.33 Å². The lowest BCUT2D eigenvalue weighted by molar-refractivity contribution is -0.114. The maximum absolute atomic E-state index is 11.2. The summed E-state index contributed by atoms with van der Waals surface area (Å²) in [5, 5.41) is 8.97. The lowest BCUT2D eigenvalue weighted by Gasteiger charge is -2.19. The van der Waals surface area contributed by atoms with E-state index in [9.17, 15) is 4.79 Å². The molecule has 1 aromatic heterocycles. The second kappa shape index (κ2) is 3.08. The summed E-state index contributed by atoms with van der Waals surface area (Å²) in [5.41, 5.74) is 0.667. The van der Waals surface area contributed by atoms with Gasteiger partial charge in [-0.15, -0.1) is 0 Å². The molecule has 0 aromatic carbocycles. The first kappa shape index (κ1) is 8.46. The number of anilines is 3. The molecule has 78 valence electrons. The lowest BCUT2D eigenvalue weighted by Crippen LogP contribution is -2.29. The molecule has 6 heteroatoms. The third kappa shape index (κ3) is 1.58. The Balaban J connectivity index is 1.95. The van der Waals surface area contributed by atoms with Crippen molar-refractivity contribution in [1.82, 2.24) is 9.97 Å². The van der Waals surface area contributed by atoms with Crippen molar-refractivity contribution < 1.29 is 4.79 Å². The quantitative estimate of drug-likeness (QED) is 0.652. The molecule has 0 unspecified atom stereocenters. The Kier molecular flexibility index (Phi) is 1.74. The summed E-state index contributed by atoms with van der Waals surface area (Å²) in [5.74, 6) is 1.34. The summed E-state index contributed by atoms with van der Waals surface area (Å²) in [6.07, 6.45) is 3.83. The second-order valence-corrected chi connectivity index (χ2v) is 3.77. The molecule has 1 amide bonds. The summed E-state index contributed by atoms with van der Waals surface area (Å²) in [6, 6.07) is 0.503. The molecule has 3 N–H and O–H groups in total. The average Bonchev–Trinajstić information content (AvgIpc) is 3.03. The normalized spacial score (nSPS) is 18.8. The van der Waals surface area contributed by atoms with Gasteiger partial charge in [0.15, 0.2) is 11.6 Å². The smallest absolute Gasteiger partial charge is 0.243 e. The first-order valence-electron chi connectivity index (χ1n) is 4.98. The van der Waals surface area contributed by atoms with Crippen LogP contribution in [0.5, 0.6) is 0 Å². The Morgan fingerprint density at radius 1 is 1.40 bits per heavy atom. The van der Waals surface area contributed by atoms with Crippen molar-refractivity contribution in [2.75, 3.05) is 22.5 Å². The summed E-state index contributed by atoms with van der Waals surface area (Å²) < 4.78 is 0. The van der Waals surface area contributed by atoms with Crippen LogP contribution < -0.4 is 16.0 Å². The van der Waals surface area contributed by atoms with E-state index in [-0.39, 0.29) is 12.5 Å². The van der Waals surface area contributed by atoms with E-state index in [0.29, 0.717) is 23.4 Å². The molecule has 0 saturated heterocycles. The number of nitrogens with one attached hydrogen (secondary N) is 3. The van der Waals surface area contributed by atoms with E-state index in [1.807, 2.05) is 0 Å². The van der Waals surface area contributed by atoms with E-state index in [1.165, 1.54) is 19.2 Å². The predicted molar refractivity (Wildman–Crippen MR) is 55.8 cm³/mol. The van der Waals surface area contributed by atoms with Crippen LogP contribution in [0.25, 0.3) is 0 Å². The number of rotatable bonds is 2. The summed E-state index contributed by atoms with van der Waals surface area (Å²) >= 11 is 0. The number of nitrogens with zero attached hydrogens (tertiary/aromatic N) is 2. The minimum absolute atomic E-state index is 0.0591. The fourth-order valence-corrected chi connectivity index (χ4v) is 1.52. The van der Waals surface area contributed by atoms with Crippen molar-refractivity contribution in [2.45, 2.75) is 18.9 Å². The molecule has 2 aliphatic rings. The van der Waals surface area contributed by atoms with E-state index in [0.717, 1.165) is 0 Å². The van der Waals surface area contributed by atoms with E-state index in [4.69, 9.17) is 0 Å². The predicted octanol–water partition coefficient (Wildman–Crippen LogP) is 0.415. The molecule has 1 fully saturated rings. The van der Waals surface area contributed by atoms with Gasteiger partial charge in [-0.3, -0.25) is 4.79 Å². The monoisotopic (exact) mass is 205 g/mol. The topological polar surface area (TPSA) is 78.9 Å². The molecule has 1 aliphatic carbocycles. The number of hydrogen-bond donors (Lipinski definition) is 3. The van der Waals surface area contributed by atoms with Crippen molar-refractivity contribution >= 4 is 23.2 Å². The highest BCUT2D eigenvalue weighted by molar-refractivity contribution is 6.02. The van der Waals surface area contributed by atoms with Crippen LogP contribution in [-0.2, 0) is 4.79 Å². The number of amides is 1. The Bertz CT molecular complexity index is 415. The fourth-order valence-electron chi connectivity index (χ4n) is 1.52. The third-order valence-corrected chi connectivity index (χ3v) is 2.45. The molecular formula is C9H11N5O. The Labute approximate surface area is 86.5 Å². The maximum Gasteiger partial charge on any atom is 0.243 e. The van der Waals surface area contributed by atoms with Crippen molar-refractivity contribution in [3.8, 4) is 0 Å². The van der Waals surface area contributed by atoms with E-state index in [1.54, 1.807) is 0 Å². The minimum Gasteiger partial charge on any atom is -0.365 e. The fraction of sp³-hybridized carbons (Fsp3) is 0.444. The molecule has 3 rings (SSSR count). The molecule has 2 heterocycles. The zero-order valence-electron chi connectivity index (χ0n) is 8.08. The molecule has 6 nitrogen and oxygen atoms in total. The molecule has 1 aromatic rings. The number of hydrogen-bond acceptors (Lipinski definition) is 5. The highest BCUT2D eigenvalue weighted by Gasteiger charge is 2.25. The van der Waals surface area contributed by atoms with Gasteiger partial charge in [0.25, 0.3) is 0 Å². The highest BCUT2D eigenvalue weighted by atomic mass is 16.2. The average molecular weight is 205 g/mol. The number of fused-ring (bicyclic) bond motifs is 1. The van der Waals surface area contributed by atoms with Gasteiger partial charge in [0, 0.05) is 6.04 Å². The Morgan fingerprint density at radius 3 is 3.07 bits per heavy atom. The maximum atomic E-state index is 11.2. The molecule has 0 atom stereocenters. The van der Waals surface area contributed by atoms with Gasteiger partial charge in [0.2, 0.25) is 5.91 Å². The van der Waals surface area contributed by atoms with Gasteiger partial charge >= 0.3 is 0 Å². The zero-order chi connectivity index (χ0) is 10.3. The van der Waals surface area contributed by atoms with Crippen LogP contribution in [0.3, 0.4) is 0 Å². The van der Waals surface area contributed by atoms with Crippen molar-refractivity contribution in [3.63, 3.8) is 0 Å². The third-order valence-electron chi connectivity index (χ3n) is 2.45. The van der Waals surface area contributed by atoms with Crippen LogP contribution in [0.2, 0.25) is 0 Å². The molecule has 1 aliphatic heterocycles. The summed E-state index contributed by atoms with van der Waals surface area (Å²) in [7, 11) is 0. The minimum atomic E-state index is -0.0591. The standard InChI is InChI=1S/C9H11N5O/c15-6-3-10-8-7(14-6)9(12-4-11-8)13-5-1-2-5/h4-5H,1-3H2,(H,14,15)(H2,10,11,12,13). The van der Waals surface area contributed by atoms with E-state index in [2.05, 4.69) is 25.9 Å². The van der Waals surface area contributed by atoms with Gasteiger partial charge in [-0.25, -0.2) is 9.97 Å². The molecule has 0 spiro atoms. The van der Waals surface area contributed by atoms with Gasteiger partial charge in [-0.2, -0.15) is 0 Å². The van der Waals surface area contributed by atoms with Gasteiger partial charge in [-0.1, -0.05) is 0 Å². The Hall–Kier alpha value is -1.85. The number of aromatic nitrogens is 2. The molecule has 0 bridgehead atoms. The summed E-state index contributed by atoms with van der Waals surface area (Å²) in [6.45, 7) is 0.271. The second-order valence-electron chi connectivity index (χ2n) is 3.77. The molecule has 1 saturated carbocycles. The molecule has 0 radical (unpaired) electrons. The van der Waals surface area contributed by atoms with Gasteiger partial charge in [0.1, 0.15) is 12.0 Å². The zero-order valence-corrected chi connectivity index (χ0v) is 8.08. The summed E-state index contributed by atoms with van der Waals surface area (Å²) in [4.78, 5) is 19.4. The van der Waals surface area contributed by atoms with Crippen LogP contribution in [0.4, 0.5) is 17.3 Å². The van der Waals surface area contributed by atoms with E-state index < -0.39 is 0 Å². The number of carbonyl (C=O) groups is 1. The van der Waals surface area contributed by atoms with Gasteiger partial charge < -0.3 is 16.0 Å². The van der Waals surface area contributed by atoms with Crippen molar-refractivity contribution in [1.29, 1.82) is 0 Å². The molecule has 15 heavy (non-hydrogen) atoms. The van der Waals surface area contributed by atoms with E-state index >= 15 is 0 Å². The van der Waals surface area contributed by atoms with Crippen LogP contribution in [-0.4, -0.2) is 28.5 Å². The number of carbonyl (C=O) groups excluding carboxylic acids is 1.